The third-order valence-corrected chi connectivity index (χ3v) is 4.20. The number of benzene rings is 4. The van der Waals surface area contributed by atoms with Crippen LogP contribution in [-0.4, -0.2) is 0 Å². The highest BCUT2D eigenvalue weighted by Gasteiger charge is 2.09. The number of hydrogen-bond acceptors (Lipinski definition) is 0. The summed E-state index contributed by atoms with van der Waals surface area (Å²) in [6.07, 6.45) is 0. The van der Waals surface area contributed by atoms with Crippen LogP contribution in [0.15, 0.2) is 78.9 Å². The molecule has 0 heterocycles. The summed E-state index contributed by atoms with van der Waals surface area (Å²) in [6, 6.07) is 28.3. The molecule has 4 rings (SSSR count). The van der Waals surface area contributed by atoms with Crippen molar-refractivity contribution in [2.24, 2.45) is 0 Å². The van der Waals surface area contributed by atoms with Gasteiger partial charge in [0, 0.05) is 0 Å². The van der Waals surface area contributed by atoms with Gasteiger partial charge < -0.3 is 0 Å². The third-order valence-electron chi connectivity index (χ3n) is 4.20. The first-order valence-electron chi connectivity index (χ1n) is 9.31. The molecular weight excluding hydrogens is 300 g/mol. The van der Waals surface area contributed by atoms with E-state index in [0.717, 1.165) is 0 Å². The number of fused-ring (bicyclic) bond motifs is 3. The highest BCUT2D eigenvalue weighted by Crippen LogP contribution is 2.35. The first kappa shape index (κ1) is 18.7. The van der Waals surface area contributed by atoms with Crippen molar-refractivity contribution in [1.29, 1.82) is 0 Å². The monoisotopic (exact) mass is 328 g/mol. The maximum absolute atomic E-state index is 2.32. The highest BCUT2D eigenvalue weighted by atomic mass is 14.1. The summed E-state index contributed by atoms with van der Waals surface area (Å²) in [5, 5.41) is 5.28. The summed E-state index contributed by atoms with van der Waals surface area (Å²) < 4.78 is 0. The molecule has 0 saturated carbocycles. The summed E-state index contributed by atoms with van der Waals surface area (Å²) in [5.41, 5.74) is 3.96. The van der Waals surface area contributed by atoms with E-state index < -0.39 is 0 Å². The minimum absolute atomic E-state index is 1.30. The number of aryl methyl sites for hydroxylation is 1. The van der Waals surface area contributed by atoms with E-state index in [1.54, 1.807) is 0 Å². The van der Waals surface area contributed by atoms with Gasteiger partial charge in [0.15, 0.2) is 0 Å². The molecule has 25 heavy (non-hydrogen) atoms. The maximum atomic E-state index is 2.32. The topological polar surface area (TPSA) is 0 Å². The second-order valence-corrected chi connectivity index (χ2v) is 5.51. The van der Waals surface area contributed by atoms with Crippen LogP contribution >= 0.6 is 0 Å². The van der Waals surface area contributed by atoms with Crippen LogP contribution in [0.4, 0.5) is 0 Å². The van der Waals surface area contributed by atoms with E-state index in [9.17, 15) is 0 Å². The minimum atomic E-state index is 1.30. The normalized spacial score (nSPS) is 9.80. The van der Waals surface area contributed by atoms with Crippen LogP contribution in [-0.2, 0) is 0 Å². The molecular formula is C25H28. The lowest BCUT2D eigenvalue weighted by molar-refractivity contribution is 1.47. The Labute approximate surface area is 152 Å². The second-order valence-electron chi connectivity index (χ2n) is 5.51. The van der Waals surface area contributed by atoms with Crippen LogP contribution in [0.2, 0.25) is 0 Å². The Bertz CT molecular complexity index is 948. The van der Waals surface area contributed by atoms with Gasteiger partial charge >= 0.3 is 0 Å². The average molecular weight is 328 g/mol. The van der Waals surface area contributed by atoms with Crippen LogP contribution in [0.1, 0.15) is 33.3 Å². The van der Waals surface area contributed by atoms with Crippen molar-refractivity contribution < 1.29 is 0 Å². The quantitative estimate of drug-likeness (QED) is 0.310. The second kappa shape index (κ2) is 9.03. The molecule has 0 nitrogen and oxygen atoms in total. The molecule has 0 unspecified atom stereocenters. The molecule has 4 aromatic rings. The third kappa shape index (κ3) is 3.74. The molecule has 0 radical (unpaired) electrons. The van der Waals surface area contributed by atoms with E-state index in [-0.39, 0.29) is 0 Å². The fraction of sp³-hybridized carbons (Fsp3) is 0.200. The Hall–Kier alpha value is -2.60. The summed E-state index contributed by atoms with van der Waals surface area (Å²) in [5.74, 6) is 0. The molecule has 0 amide bonds. The molecule has 4 aromatic carbocycles. The van der Waals surface area contributed by atoms with E-state index in [0.29, 0.717) is 0 Å². The fourth-order valence-corrected chi connectivity index (χ4v) is 3.15. The van der Waals surface area contributed by atoms with E-state index in [1.807, 2.05) is 27.7 Å². The summed E-state index contributed by atoms with van der Waals surface area (Å²) >= 11 is 0. The summed E-state index contributed by atoms with van der Waals surface area (Å²) in [6.45, 7) is 10.2. The van der Waals surface area contributed by atoms with Crippen molar-refractivity contribution >= 4 is 21.5 Å². The van der Waals surface area contributed by atoms with Crippen molar-refractivity contribution in [2.45, 2.75) is 34.6 Å². The molecule has 0 aliphatic heterocycles. The lowest BCUT2D eigenvalue weighted by Gasteiger charge is -2.12. The van der Waals surface area contributed by atoms with Crippen molar-refractivity contribution in [3.63, 3.8) is 0 Å². The van der Waals surface area contributed by atoms with Gasteiger partial charge in [-0.2, -0.15) is 0 Å². The Morgan fingerprint density at radius 1 is 0.480 bits per heavy atom. The molecule has 0 aliphatic carbocycles. The van der Waals surface area contributed by atoms with Gasteiger partial charge in [0.2, 0.25) is 0 Å². The zero-order valence-corrected chi connectivity index (χ0v) is 16.0. The molecule has 128 valence electrons. The van der Waals surface area contributed by atoms with E-state index >= 15 is 0 Å². The Morgan fingerprint density at radius 2 is 1.00 bits per heavy atom. The molecule has 0 aromatic heterocycles. The van der Waals surface area contributed by atoms with Crippen LogP contribution in [0, 0.1) is 6.92 Å². The average Bonchev–Trinajstić information content (AvgIpc) is 2.71. The maximum Gasteiger partial charge on any atom is -0.00964 e. The van der Waals surface area contributed by atoms with Crippen LogP contribution in [0.5, 0.6) is 0 Å². The van der Waals surface area contributed by atoms with Crippen molar-refractivity contribution in [3.05, 3.63) is 84.4 Å². The Kier molecular flexibility index (Phi) is 6.77. The zero-order valence-electron chi connectivity index (χ0n) is 16.0. The van der Waals surface area contributed by atoms with Crippen molar-refractivity contribution in [2.75, 3.05) is 0 Å². The Balaban J connectivity index is 0.000000528. The predicted octanol–water partition coefficient (Wildman–Crippen LogP) is 8.02. The molecule has 0 spiro atoms. The van der Waals surface area contributed by atoms with Crippen molar-refractivity contribution in [1.82, 2.24) is 0 Å². The van der Waals surface area contributed by atoms with E-state index in [2.05, 4.69) is 85.8 Å². The van der Waals surface area contributed by atoms with Crippen LogP contribution in [0.25, 0.3) is 32.7 Å². The van der Waals surface area contributed by atoms with Gasteiger partial charge in [0.1, 0.15) is 0 Å². The van der Waals surface area contributed by atoms with Gasteiger partial charge in [-0.3, -0.25) is 0 Å². The van der Waals surface area contributed by atoms with Gasteiger partial charge in [-0.05, 0) is 51.2 Å². The van der Waals surface area contributed by atoms with E-state index in [1.165, 1.54) is 38.2 Å². The summed E-state index contributed by atoms with van der Waals surface area (Å²) in [4.78, 5) is 0. The fourth-order valence-electron chi connectivity index (χ4n) is 3.15. The number of hydrogen-bond donors (Lipinski definition) is 0. The zero-order chi connectivity index (χ0) is 18.2. The van der Waals surface area contributed by atoms with Gasteiger partial charge in [-0.15, -0.1) is 0 Å². The first-order chi connectivity index (χ1) is 12.3. The first-order valence-corrected chi connectivity index (χ1v) is 9.31. The van der Waals surface area contributed by atoms with E-state index in [4.69, 9.17) is 0 Å². The highest BCUT2D eigenvalue weighted by molar-refractivity contribution is 6.13. The molecule has 0 N–H and O–H groups in total. The molecule has 0 bridgehead atoms. The molecule has 0 saturated heterocycles. The lowest BCUT2D eigenvalue weighted by Crippen LogP contribution is -1.86. The molecule has 0 atom stereocenters. The van der Waals surface area contributed by atoms with Crippen LogP contribution < -0.4 is 0 Å². The number of rotatable bonds is 1. The van der Waals surface area contributed by atoms with Gasteiger partial charge in [-0.25, -0.2) is 0 Å². The summed E-state index contributed by atoms with van der Waals surface area (Å²) in [7, 11) is 0. The molecule has 0 aliphatic rings. The van der Waals surface area contributed by atoms with Gasteiger partial charge in [-0.1, -0.05) is 100 Å². The Morgan fingerprint density at radius 3 is 1.68 bits per heavy atom. The molecule has 0 heteroatoms. The predicted molar refractivity (Wildman–Crippen MR) is 114 cm³/mol. The van der Waals surface area contributed by atoms with Crippen molar-refractivity contribution in [3.8, 4) is 11.1 Å². The lowest BCUT2D eigenvalue weighted by atomic mass is 9.91. The minimum Gasteiger partial charge on any atom is -0.0683 e. The van der Waals surface area contributed by atoms with Crippen LogP contribution in [0.3, 0.4) is 0 Å². The molecule has 0 fully saturated rings. The van der Waals surface area contributed by atoms with Gasteiger partial charge in [0.25, 0.3) is 0 Å². The smallest absolute Gasteiger partial charge is 0.00964 e. The van der Waals surface area contributed by atoms with Gasteiger partial charge in [0.05, 0.1) is 0 Å². The largest absolute Gasteiger partial charge is 0.0683 e. The SMILES string of the molecule is CC.CC.Cc1ccccc1-c1cc2ccccc2c2ccccc12. The standard InChI is InChI=1S/C21H16.2C2H6/c1-15-8-2-4-10-17(15)21-14-16-9-3-5-11-18(16)19-12-6-7-13-20(19)21;2*1-2/h2-14H,1H3;2*1-2H3.